The maximum Gasteiger partial charge on any atom is 0.221 e. The third kappa shape index (κ3) is 5.71. The first-order chi connectivity index (χ1) is 16.2. The van der Waals surface area contributed by atoms with Crippen molar-refractivity contribution >= 4 is 17.5 Å². The molecular weight excluding hydrogens is 439 g/mol. The second kappa shape index (κ2) is 10.1. The molecule has 182 valence electrons. The Balaban J connectivity index is 1.49. The molecule has 4 N–H and O–H groups in total. The first-order valence-corrected chi connectivity index (χ1v) is 11.6. The number of fused-ring (bicyclic) bond motifs is 1. The van der Waals surface area contributed by atoms with Crippen LogP contribution in [0.1, 0.15) is 56.7 Å². The Kier molecular flexibility index (Phi) is 7.13. The van der Waals surface area contributed by atoms with E-state index < -0.39 is 12.1 Å². The van der Waals surface area contributed by atoms with Gasteiger partial charge in [0.2, 0.25) is 17.7 Å². The maximum absolute atomic E-state index is 13.3. The van der Waals surface area contributed by atoms with Gasteiger partial charge in [0, 0.05) is 38.4 Å². The number of halogens is 1. The van der Waals surface area contributed by atoms with E-state index in [4.69, 9.17) is 4.74 Å². The summed E-state index contributed by atoms with van der Waals surface area (Å²) >= 11 is 0. The first kappa shape index (κ1) is 24.1. The van der Waals surface area contributed by atoms with Gasteiger partial charge in [0.25, 0.3) is 0 Å². The number of carbonyl (C=O) groups is 2. The minimum atomic E-state index is -0.885. The van der Waals surface area contributed by atoms with Crippen LogP contribution >= 0.6 is 0 Å². The highest BCUT2D eigenvalue weighted by atomic mass is 19.1. The zero-order valence-corrected chi connectivity index (χ0v) is 19.4. The number of hydrogen-bond acceptors (Lipinski definition) is 6. The van der Waals surface area contributed by atoms with Crippen LogP contribution in [0.5, 0.6) is 5.88 Å². The highest BCUT2D eigenvalue weighted by Crippen LogP contribution is 2.48. The molecule has 2 heterocycles. The maximum atomic E-state index is 13.3. The Bertz CT molecular complexity index is 1040. The number of aliphatic hydroxyl groups is 1. The van der Waals surface area contributed by atoms with Crippen molar-refractivity contribution in [1.82, 2.24) is 15.6 Å². The van der Waals surface area contributed by atoms with Crippen molar-refractivity contribution in [3.05, 3.63) is 53.5 Å². The summed E-state index contributed by atoms with van der Waals surface area (Å²) in [6.07, 6.45) is 4.77. The highest BCUT2D eigenvalue weighted by Gasteiger charge is 2.46. The van der Waals surface area contributed by atoms with Gasteiger partial charge in [-0.25, -0.2) is 9.37 Å². The number of hydrogen-bond donors (Lipinski definition) is 4. The van der Waals surface area contributed by atoms with Crippen LogP contribution in [0.15, 0.2) is 36.5 Å². The molecular formula is C25H31FN4O4. The van der Waals surface area contributed by atoms with Gasteiger partial charge in [-0.1, -0.05) is 12.1 Å². The number of anilines is 1. The summed E-state index contributed by atoms with van der Waals surface area (Å²) in [6, 6.07) is 7.19. The normalized spacial score (nSPS) is 19.8. The number of pyridine rings is 1. The van der Waals surface area contributed by atoms with Gasteiger partial charge in [0.15, 0.2) is 0 Å². The van der Waals surface area contributed by atoms with Gasteiger partial charge in [-0.15, -0.1) is 0 Å². The van der Waals surface area contributed by atoms with E-state index in [1.54, 1.807) is 18.3 Å². The van der Waals surface area contributed by atoms with Crippen LogP contribution in [0.25, 0.3) is 0 Å². The number of nitrogens with zero attached hydrogens (tertiary/aromatic N) is 1. The van der Waals surface area contributed by atoms with Crippen LogP contribution in [-0.2, 0) is 16.0 Å². The average Bonchev–Trinajstić information content (AvgIpc) is 2.76. The molecule has 4 rings (SSSR count). The van der Waals surface area contributed by atoms with E-state index in [2.05, 4.69) is 20.9 Å². The Morgan fingerprint density at radius 2 is 1.97 bits per heavy atom. The molecule has 0 unspecified atom stereocenters. The van der Waals surface area contributed by atoms with Crippen LogP contribution in [0, 0.1) is 5.82 Å². The van der Waals surface area contributed by atoms with Gasteiger partial charge < -0.3 is 25.8 Å². The summed E-state index contributed by atoms with van der Waals surface area (Å²) < 4.78 is 19.5. The number of benzene rings is 1. The minimum Gasteiger partial charge on any atom is -0.471 e. The van der Waals surface area contributed by atoms with E-state index in [0.29, 0.717) is 18.0 Å². The van der Waals surface area contributed by atoms with Crippen molar-refractivity contribution in [1.29, 1.82) is 0 Å². The summed E-state index contributed by atoms with van der Waals surface area (Å²) in [6.45, 7) is 3.06. The number of aliphatic hydroxyl groups excluding tert-OH is 1. The van der Waals surface area contributed by atoms with E-state index in [1.807, 2.05) is 6.07 Å². The third-order valence-electron chi connectivity index (χ3n) is 6.52. The lowest BCUT2D eigenvalue weighted by molar-refractivity contribution is -0.120. The number of ether oxygens (including phenoxy) is 1. The van der Waals surface area contributed by atoms with E-state index in [-0.39, 0.29) is 35.8 Å². The Morgan fingerprint density at radius 3 is 2.59 bits per heavy atom. The van der Waals surface area contributed by atoms with Crippen molar-refractivity contribution in [3.63, 3.8) is 0 Å². The van der Waals surface area contributed by atoms with Crippen molar-refractivity contribution < 1.29 is 23.8 Å². The zero-order chi connectivity index (χ0) is 24.3. The summed E-state index contributed by atoms with van der Waals surface area (Å²) in [5.74, 6) is -0.234. The van der Waals surface area contributed by atoms with Gasteiger partial charge in [0.1, 0.15) is 11.4 Å². The molecule has 1 aliphatic heterocycles. The van der Waals surface area contributed by atoms with E-state index in [9.17, 15) is 19.1 Å². The fourth-order valence-electron chi connectivity index (χ4n) is 4.69. The smallest absolute Gasteiger partial charge is 0.221 e. The second-order valence-electron chi connectivity index (χ2n) is 9.31. The largest absolute Gasteiger partial charge is 0.471 e. The second-order valence-corrected chi connectivity index (χ2v) is 9.31. The van der Waals surface area contributed by atoms with Crippen LogP contribution in [-0.4, -0.2) is 46.2 Å². The molecule has 0 saturated heterocycles. The molecule has 0 bridgehead atoms. The first-order valence-electron chi connectivity index (χ1n) is 11.6. The molecule has 2 aliphatic rings. The minimum absolute atomic E-state index is 0.135. The fourth-order valence-corrected chi connectivity index (χ4v) is 4.69. The molecule has 1 aliphatic carbocycles. The lowest BCUT2D eigenvalue weighted by atomic mass is 9.73. The van der Waals surface area contributed by atoms with E-state index in [0.717, 1.165) is 36.8 Å². The average molecular weight is 471 g/mol. The molecule has 8 nitrogen and oxygen atoms in total. The molecule has 1 spiro atoms. The van der Waals surface area contributed by atoms with E-state index in [1.165, 1.54) is 26.0 Å². The summed E-state index contributed by atoms with van der Waals surface area (Å²) in [7, 11) is 0. The molecule has 0 radical (unpaired) electrons. The summed E-state index contributed by atoms with van der Waals surface area (Å²) in [4.78, 5) is 27.7. The monoisotopic (exact) mass is 470 g/mol. The van der Waals surface area contributed by atoms with Crippen molar-refractivity contribution in [2.45, 2.75) is 69.7 Å². The van der Waals surface area contributed by atoms with Gasteiger partial charge >= 0.3 is 0 Å². The number of amides is 2. The molecule has 34 heavy (non-hydrogen) atoms. The van der Waals surface area contributed by atoms with Crippen LogP contribution < -0.4 is 20.7 Å². The zero-order valence-electron chi connectivity index (χ0n) is 19.4. The predicted molar refractivity (Wildman–Crippen MR) is 125 cm³/mol. The highest BCUT2D eigenvalue weighted by molar-refractivity contribution is 5.88. The van der Waals surface area contributed by atoms with Gasteiger partial charge in [-0.2, -0.15) is 0 Å². The van der Waals surface area contributed by atoms with E-state index >= 15 is 0 Å². The van der Waals surface area contributed by atoms with Gasteiger partial charge in [0.05, 0.1) is 24.0 Å². The molecule has 1 aromatic heterocycles. The quantitative estimate of drug-likeness (QED) is 0.472. The topological polar surface area (TPSA) is 113 Å². The van der Waals surface area contributed by atoms with Crippen molar-refractivity contribution in [2.75, 3.05) is 11.9 Å². The number of aromatic nitrogens is 1. The Morgan fingerprint density at radius 1 is 1.24 bits per heavy atom. The Labute approximate surface area is 198 Å². The molecule has 1 fully saturated rings. The Hall–Kier alpha value is -3.04. The summed E-state index contributed by atoms with van der Waals surface area (Å²) in [5.41, 5.74) is 1.96. The molecule has 2 amide bonds. The van der Waals surface area contributed by atoms with Crippen LogP contribution in [0.2, 0.25) is 0 Å². The molecule has 1 aromatic carbocycles. The third-order valence-corrected chi connectivity index (χ3v) is 6.52. The molecule has 1 saturated carbocycles. The molecule has 3 atom stereocenters. The van der Waals surface area contributed by atoms with Crippen molar-refractivity contribution in [3.8, 4) is 5.88 Å². The fraction of sp³-hybridized carbons (Fsp3) is 0.480. The molecule has 9 heteroatoms. The van der Waals surface area contributed by atoms with Crippen LogP contribution in [0.4, 0.5) is 10.1 Å². The number of rotatable bonds is 8. The van der Waals surface area contributed by atoms with Crippen LogP contribution in [0.3, 0.4) is 0 Å². The number of carbonyl (C=O) groups excluding carboxylic acids is 2. The predicted octanol–water partition coefficient (Wildman–Crippen LogP) is 2.62. The lowest BCUT2D eigenvalue weighted by Gasteiger charge is -2.47. The van der Waals surface area contributed by atoms with Gasteiger partial charge in [-0.05, 0) is 49.4 Å². The van der Waals surface area contributed by atoms with Crippen molar-refractivity contribution in [2.24, 2.45) is 0 Å². The lowest BCUT2D eigenvalue weighted by Crippen LogP contribution is -2.52. The standard InChI is InChI=1S/C25H31FN4O4/c1-15(31)29-19-11-20-22(12-25(8-3-9-25)34-24(20)28-13-19)27-14-23(33)21(30-16(2)32)10-17-4-6-18(26)7-5-17/h4-7,11,13,21-23,27,33H,3,8-10,12,14H2,1-2H3,(H,29,31)(H,30,32)/t21-,22-,23-/m0/s1. The summed E-state index contributed by atoms with van der Waals surface area (Å²) in [5, 5.41) is 20.0. The number of nitrogens with one attached hydrogen (secondary N) is 3. The SMILES string of the molecule is CC(=O)Nc1cnc2c(c1)[C@@H](NC[C@H](O)[C@H](Cc1ccc(F)cc1)NC(C)=O)CC1(CCC1)O2. The van der Waals surface area contributed by atoms with Gasteiger partial charge in [-0.3, -0.25) is 9.59 Å². The molecule has 2 aromatic rings.